The Bertz CT molecular complexity index is 453. The minimum absolute atomic E-state index is 0.0567. The average Bonchev–Trinajstić information content (AvgIpc) is 2.38. The number of morpholine rings is 1. The molecule has 1 aromatic carbocycles. The van der Waals surface area contributed by atoms with Gasteiger partial charge in [0.25, 0.3) is 5.91 Å². The van der Waals surface area contributed by atoms with Crippen LogP contribution in [-0.2, 0) is 4.74 Å². The molecule has 0 spiro atoms. The number of rotatable bonds is 2. The molecule has 0 aliphatic carbocycles. The molecule has 1 unspecified atom stereocenters. The van der Waals surface area contributed by atoms with Crippen LogP contribution in [0.3, 0.4) is 0 Å². The van der Waals surface area contributed by atoms with Gasteiger partial charge in [0.05, 0.1) is 18.3 Å². The van der Waals surface area contributed by atoms with Crippen LogP contribution in [0.1, 0.15) is 23.7 Å². The first-order valence-electron chi connectivity index (χ1n) is 5.97. The number of halogens is 2. The summed E-state index contributed by atoms with van der Waals surface area (Å²) in [6.07, 6.45) is 0.910. The van der Waals surface area contributed by atoms with Gasteiger partial charge in [0.2, 0.25) is 0 Å². The summed E-state index contributed by atoms with van der Waals surface area (Å²) < 4.78 is 19.9. The van der Waals surface area contributed by atoms with Gasteiger partial charge in [-0.3, -0.25) is 4.79 Å². The van der Waals surface area contributed by atoms with Crippen molar-refractivity contribution in [2.45, 2.75) is 19.4 Å². The highest BCUT2D eigenvalue weighted by Crippen LogP contribution is 2.18. The zero-order valence-electron chi connectivity index (χ0n) is 10.2. The van der Waals surface area contributed by atoms with Crippen LogP contribution in [0.5, 0.6) is 0 Å². The first kappa shape index (κ1) is 13.5. The summed E-state index contributed by atoms with van der Waals surface area (Å²) in [6, 6.07) is 4.50. The smallest absolute Gasteiger partial charge is 0.256 e. The number of nitrogens with zero attached hydrogens (tertiary/aromatic N) is 1. The first-order valence-corrected chi connectivity index (χ1v) is 6.77. The third-order valence-electron chi connectivity index (χ3n) is 3.04. The summed E-state index contributed by atoms with van der Waals surface area (Å²) in [5.74, 6) is -0.754. The molecule has 1 saturated heterocycles. The van der Waals surface area contributed by atoms with Crippen molar-refractivity contribution in [2.24, 2.45) is 0 Å². The second-order valence-electron chi connectivity index (χ2n) is 4.28. The summed E-state index contributed by atoms with van der Waals surface area (Å²) in [5.41, 5.74) is 0.120. The van der Waals surface area contributed by atoms with Crippen LogP contribution in [0.4, 0.5) is 4.39 Å². The van der Waals surface area contributed by atoms with Crippen molar-refractivity contribution in [1.82, 2.24) is 4.90 Å². The molecular weight excluding hydrogens is 301 g/mol. The summed E-state index contributed by atoms with van der Waals surface area (Å²) in [4.78, 5) is 13.9. The lowest BCUT2D eigenvalue weighted by atomic mass is 10.1. The number of hydrogen-bond donors (Lipinski definition) is 0. The van der Waals surface area contributed by atoms with Crippen molar-refractivity contribution in [2.75, 3.05) is 19.7 Å². The van der Waals surface area contributed by atoms with E-state index in [9.17, 15) is 9.18 Å². The Morgan fingerprint density at radius 2 is 2.39 bits per heavy atom. The van der Waals surface area contributed by atoms with Gasteiger partial charge in [0.15, 0.2) is 0 Å². The Morgan fingerprint density at radius 1 is 1.61 bits per heavy atom. The maximum atomic E-state index is 13.7. The van der Waals surface area contributed by atoms with Gasteiger partial charge >= 0.3 is 0 Å². The van der Waals surface area contributed by atoms with E-state index in [0.29, 0.717) is 24.2 Å². The van der Waals surface area contributed by atoms with Crippen LogP contribution in [0, 0.1) is 5.82 Å². The molecule has 1 atom stereocenters. The molecule has 1 amide bonds. The Morgan fingerprint density at radius 3 is 3.06 bits per heavy atom. The average molecular weight is 316 g/mol. The van der Waals surface area contributed by atoms with Gasteiger partial charge < -0.3 is 9.64 Å². The van der Waals surface area contributed by atoms with Crippen LogP contribution in [-0.4, -0.2) is 36.6 Å². The molecule has 0 N–H and O–H groups in total. The van der Waals surface area contributed by atoms with Gasteiger partial charge in [-0.05, 0) is 24.6 Å². The Balaban J connectivity index is 2.15. The SMILES string of the molecule is CCC1CN(C(=O)c2ccc(Br)cc2F)CCO1. The fraction of sp³-hybridized carbons (Fsp3) is 0.462. The van der Waals surface area contributed by atoms with E-state index in [1.165, 1.54) is 12.1 Å². The second kappa shape index (κ2) is 5.80. The Labute approximate surface area is 114 Å². The zero-order valence-corrected chi connectivity index (χ0v) is 11.7. The van der Waals surface area contributed by atoms with E-state index in [-0.39, 0.29) is 17.6 Å². The number of carbonyl (C=O) groups excluding carboxylic acids is 1. The highest BCUT2D eigenvalue weighted by Gasteiger charge is 2.25. The topological polar surface area (TPSA) is 29.5 Å². The van der Waals surface area contributed by atoms with Gasteiger partial charge in [-0.2, -0.15) is 0 Å². The number of benzene rings is 1. The van der Waals surface area contributed by atoms with Crippen LogP contribution in [0.15, 0.2) is 22.7 Å². The molecule has 1 aliphatic heterocycles. The van der Waals surface area contributed by atoms with Crippen molar-refractivity contribution >= 4 is 21.8 Å². The molecule has 1 aromatic rings. The van der Waals surface area contributed by atoms with Gasteiger partial charge in [0.1, 0.15) is 5.82 Å². The van der Waals surface area contributed by atoms with Crippen molar-refractivity contribution in [3.05, 3.63) is 34.1 Å². The normalized spacial score (nSPS) is 19.9. The van der Waals surface area contributed by atoms with Crippen molar-refractivity contribution in [1.29, 1.82) is 0 Å². The third-order valence-corrected chi connectivity index (χ3v) is 3.54. The zero-order chi connectivity index (χ0) is 13.1. The Kier molecular flexibility index (Phi) is 4.35. The van der Waals surface area contributed by atoms with Gasteiger partial charge in [0, 0.05) is 17.6 Å². The van der Waals surface area contributed by atoms with Crippen molar-refractivity contribution in [3.8, 4) is 0 Å². The number of hydrogen-bond acceptors (Lipinski definition) is 2. The highest BCUT2D eigenvalue weighted by atomic mass is 79.9. The fourth-order valence-electron chi connectivity index (χ4n) is 1.98. The molecule has 0 aromatic heterocycles. The van der Waals surface area contributed by atoms with E-state index in [4.69, 9.17) is 4.74 Å². The maximum absolute atomic E-state index is 13.7. The predicted molar refractivity (Wildman–Crippen MR) is 70.0 cm³/mol. The molecule has 0 radical (unpaired) electrons. The number of amides is 1. The lowest BCUT2D eigenvalue weighted by Crippen LogP contribution is -2.45. The number of ether oxygens (including phenoxy) is 1. The molecule has 98 valence electrons. The van der Waals surface area contributed by atoms with Crippen molar-refractivity contribution in [3.63, 3.8) is 0 Å². The van der Waals surface area contributed by atoms with Gasteiger partial charge in [-0.25, -0.2) is 4.39 Å². The summed E-state index contributed by atoms with van der Waals surface area (Å²) in [5, 5.41) is 0. The molecule has 5 heteroatoms. The second-order valence-corrected chi connectivity index (χ2v) is 5.19. The quantitative estimate of drug-likeness (QED) is 0.840. The lowest BCUT2D eigenvalue weighted by Gasteiger charge is -2.32. The summed E-state index contributed by atoms with van der Waals surface area (Å²) >= 11 is 3.18. The fourth-order valence-corrected chi connectivity index (χ4v) is 2.32. The largest absolute Gasteiger partial charge is 0.375 e. The Hall–Kier alpha value is -0.940. The van der Waals surface area contributed by atoms with E-state index in [1.807, 2.05) is 6.92 Å². The molecule has 0 bridgehead atoms. The van der Waals surface area contributed by atoms with Gasteiger partial charge in [-0.1, -0.05) is 22.9 Å². The van der Waals surface area contributed by atoms with E-state index in [0.717, 1.165) is 6.42 Å². The lowest BCUT2D eigenvalue weighted by molar-refractivity contribution is -0.0227. The van der Waals surface area contributed by atoms with Crippen LogP contribution in [0.25, 0.3) is 0 Å². The van der Waals surface area contributed by atoms with Crippen molar-refractivity contribution < 1.29 is 13.9 Å². The molecule has 1 heterocycles. The van der Waals surface area contributed by atoms with E-state index >= 15 is 0 Å². The van der Waals surface area contributed by atoms with Crippen LogP contribution >= 0.6 is 15.9 Å². The van der Waals surface area contributed by atoms with Gasteiger partial charge in [-0.15, -0.1) is 0 Å². The maximum Gasteiger partial charge on any atom is 0.256 e. The highest BCUT2D eigenvalue weighted by molar-refractivity contribution is 9.10. The predicted octanol–water partition coefficient (Wildman–Crippen LogP) is 2.84. The molecule has 3 nitrogen and oxygen atoms in total. The van der Waals surface area contributed by atoms with E-state index in [2.05, 4.69) is 15.9 Å². The summed E-state index contributed by atoms with van der Waals surface area (Å²) in [7, 11) is 0. The van der Waals surface area contributed by atoms with E-state index in [1.54, 1.807) is 11.0 Å². The molecule has 0 saturated carbocycles. The number of carbonyl (C=O) groups is 1. The van der Waals surface area contributed by atoms with Crippen LogP contribution in [0.2, 0.25) is 0 Å². The molecule has 1 aliphatic rings. The third kappa shape index (κ3) is 2.90. The molecule has 18 heavy (non-hydrogen) atoms. The monoisotopic (exact) mass is 315 g/mol. The standard InChI is InChI=1S/C13H15BrFNO2/c1-2-10-8-16(5-6-18-10)13(17)11-4-3-9(14)7-12(11)15/h3-4,7,10H,2,5-6,8H2,1H3. The van der Waals surface area contributed by atoms with E-state index < -0.39 is 5.82 Å². The molecular formula is C13H15BrFNO2. The minimum atomic E-state index is -0.492. The molecule has 2 rings (SSSR count). The minimum Gasteiger partial charge on any atom is -0.375 e. The first-order chi connectivity index (χ1) is 8.61. The summed E-state index contributed by atoms with van der Waals surface area (Å²) in [6.45, 7) is 3.58. The van der Waals surface area contributed by atoms with Crippen LogP contribution < -0.4 is 0 Å². The molecule has 1 fully saturated rings.